The highest BCUT2D eigenvalue weighted by Crippen LogP contribution is 2.55. The number of benzene rings is 8. The van der Waals surface area contributed by atoms with Gasteiger partial charge in [0.1, 0.15) is 0 Å². The highest BCUT2D eigenvalue weighted by molar-refractivity contribution is 7.86. The maximum Gasteiger partial charge on any atom is 0.172 e. The summed E-state index contributed by atoms with van der Waals surface area (Å²) < 4.78 is 18.0. The lowest BCUT2D eigenvalue weighted by atomic mass is 9.97. The summed E-state index contributed by atoms with van der Waals surface area (Å²) in [4.78, 5) is 0. The summed E-state index contributed by atoms with van der Waals surface area (Å²) >= 11 is 0. The molecule has 9 aromatic rings. The van der Waals surface area contributed by atoms with Gasteiger partial charge in [0.15, 0.2) is 7.14 Å². The van der Waals surface area contributed by atoms with Gasteiger partial charge in [-0.3, -0.25) is 0 Å². The van der Waals surface area contributed by atoms with Crippen molar-refractivity contribution in [2.75, 3.05) is 0 Å². The van der Waals surface area contributed by atoms with Gasteiger partial charge in [-0.15, -0.1) is 0 Å². The van der Waals surface area contributed by atoms with Gasteiger partial charge in [-0.2, -0.15) is 0 Å². The Morgan fingerprint density at radius 2 is 1.11 bits per heavy atom. The van der Waals surface area contributed by atoms with E-state index in [9.17, 15) is 0 Å². The van der Waals surface area contributed by atoms with Crippen molar-refractivity contribution in [3.63, 3.8) is 0 Å². The van der Waals surface area contributed by atoms with E-state index in [1.54, 1.807) is 0 Å². The van der Waals surface area contributed by atoms with E-state index in [4.69, 9.17) is 0 Å². The molecular weight excluding hydrogens is 565 g/mol. The Bertz CT molecular complexity index is 2740. The van der Waals surface area contributed by atoms with Crippen LogP contribution >= 0.6 is 7.14 Å². The summed E-state index contributed by atoms with van der Waals surface area (Å²) in [6.45, 7) is 0. The minimum atomic E-state index is -3.14. The predicted molar refractivity (Wildman–Crippen MR) is 192 cm³/mol. The summed E-state index contributed by atoms with van der Waals surface area (Å²) in [7, 11) is -3.14. The minimum Gasteiger partial charge on any atom is -0.309 e. The van der Waals surface area contributed by atoms with Crippen molar-refractivity contribution in [2.24, 2.45) is 0 Å². The highest BCUT2D eigenvalue weighted by Gasteiger charge is 2.42. The second-order valence-corrected chi connectivity index (χ2v) is 14.7. The van der Waals surface area contributed by atoms with Crippen LogP contribution in [-0.2, 0) is 4.57 Å². The molecule has 0 N–H and O–H groups in total. The average molecular weight is 592 g/mol. The summed E-state index contributed by atoms with van der Waals surface area (Å²) in [6, 6.07) is 55.7. The van der Waals surface area contributed by atoms with Crippen LogP contribution in [0.2, 0.25) is 0 Å². The first-order valence-corrected chi connectivity index (χ1v) is 17.1. The van der Waals surface area contributed by atoms with Gasteiger partial charge < -0.3 is 9.13 Å². The topological polar surface area (TPSA) is 22.0 Å². The van der Waals surface area contributed by atoms with E-state index in [-0.39, 0.29) is 0 Å². The molecule has 0 bridgehead atoms. The molecule has 0 amide bonds. The molecule has 1 atom stereocenters. The normalized spacial score (nSPS) is 15.7. The predicted octanol–water partition coefficient (Wildman–Crippen LogP) is 9.86. The summed E-state index contributed by atoms with van der Waals surface area (Å²) in [5, 5.41) is 12.4. The number of para-hydroxylation sites is 1. The fourth-order valence-electron chi connectivity index (χ4n) is 7.81. The third kappa shape index (κ3) is 3.27. The van der Waals surface area contributed by atoms with Crippen molar-refractivity contribution in [1.82, 2.24) is 4.57 Å². The SMILES string of the molecule is O=P1(c2ccccc2)c2ccccc2-c2ccc3c(c21)c1ccccc1n3-c1ccc2ccc3c4ccccc4ccc3c2c1. The molecule has 0 spiro atoms. The quantitative estimate of drug-likeness (QED) is 0.145. The monoisotopic (exact) mass is 591 g/mol. The average Bonchev–Trinajstić information content (AvgIpc) is 3.58. The highest BCUT2D eigenvalue weighted by atomic mass is 31.2. The van der Waals surface area contributed by atoms with Gasteiger partial charge in [-0.05, 0) is 67.7 Å². The second kappa shape index (κ2) is 9.05. The Kier molecular flexibility index (Phi) is 5.02. The smallest absolute Gasteiger partial charge is 0.172 e. The van der Waals surface area contributed by atoms with Crippen molar-refractivity contribution in [3.05, 3.63) is 158 Å². The van der Waals surface area contributed by atoms with Crippen LogP contribution in [-0.4, -0.2) is 4.57 Å². The van der Waals surface area contributed by atoms with Crippen molar-refractivity contribution in [2.45, 2.75) is 0 Å². The Hall–Kier alpha value is -5.43. The molecule has 0 aliphatic carbocycles. The molecule has 1 aliphatic heterocycles. The van der Waals surface area contributed by atoms with Gasteiger partial charge in [-0.25, -0.2) is 0 Å². The fraction of sp³-hybridized carbons (Fsp3) is 0. The lowest BCUT2D eigenvalue weighted by Gasteiger charge is -2.17. The molecule has 0 radical (unpaired) electrons. The van der Waals surface area contributed by atoms with Crippen LogP contribution in [0, 0.1) is 0 Å². The van der Waals surface area contributed by atoms with Crippen LogP contribution in [0.3, 0.4) is 0 Å². The summed E-state index contributed by atoms with van der Waals surface area (Å²) in [5.41, 5.74) is 5.43. The van der Waals surface area contributed by atoms with Gasteiger partial charge in [0, 0.05) is 32.4 Å². The largest absolute Gasteiger partial charge is 0.309 e. The molecule has 0 fully saturated rings. The van der Waals surface area contributed by atoms with Gasteiger partial charge in [0.05, 0.1) is 11.0 Å². The molecule has 10 rings (SSSR count). The van der Waals surface area contributed by atoms with Crippen molar-refractivity contribution in [3.8, 4) is 16.8 Å². The summed E-state index contributed by atoms with van der Waals surface area (Å²) in [5.74, 6) is 0. The minimum absolute atomic E-state index is 0.880. The zero-order valence-corrected chi connectivity index (χ0v) is 25.2. The van der Waals surface area contributed by atoms with Crippen molar-refractivity contribution < 1.29 is 4.57 Å². The van der Waals surface area contributed by atoms with Crippen molar-refractivity contribution >= 4 is 77.2 Å². The van der Waals surface area contributed by atoms with Crippen LogP contribution in [0.1, 0.15) is 0 Å². The van der Waals surface area contributed by atoms with Gasteiger partial charge in [0.25, 0.3) is 0 Å². The first-order chi connectivity index (χ1) is 22.2. The number of aromatic nitrogens is 1. The van der Waals surface area contributed by atoms with Crippen molar-refractivity contribution in [1.29, 1.82) is 0 Å². The molecule has 2 heterocycles. The molecule has 3 heteroatoms. The number of hydrogen-bond donors (Lipinski definition) is 0. The molecule has 1 aromatic heterocycles. The number of hydrogen-bond acceptors (Lipinski definition) is 1. The second-order valence-electron chi connectivity index (χ2n) is 12.0. The number of nitrogens with zero attached hydrogens (tertiary/aromatic N) is 1. The van der Waals surface area contributed by atoms with E-state index >= 15 is 4.57 Å². The van der Waals surface area contributed by atoms with E-state index in [1.807, 2.05) is 36.4 Å². The van der Waals surface area contributed by atoms with E-state index in [0.29, 0.717) is 0 Å². The number of rotatable bonds is 2. The van der Waals surface area contributed by atoms with Crippen LogP contribution in [0.4, 0.5) is 0 Å². The Morgan fingerprint density at radius 1 is 0.444 bits per heavy atom. The third-order valence-corrected chi connectivity index (χ3v) is 13.0. The molecule has 1 aliphatic rings. The lowest BCUT2D eigenvalue weighted by molar-refractivity contribution is 0.593. The molecule has 210 valence electrons. The number of fused-ring (bicyclic) bond motifs is 12. The maximum atomic E-state index is 15.7. The maximum absolute atomic E-state index is 15.7. The molecule has 45 heavy (non-hydrogen) atoms. The molecular formula is C42H26NOP. The lowest BCUT2D eigenvalue weighted by Crippen LogP contribution is -2.21. The molecule has 2 nitrogen and oxygen atoms in total. The van der Waals surface area contributed by atoms with E-state index in [0.717, 1.165) is 54.5 Å². The van der Waals surface area contributed by atoms with Crippen LogP contribution in [0.15, 0.2) is 158 Å². The van der Waals surface area contributed by atoms with Gasteiger partial charge in [0.2, 0.25) is 0 Å². The molecule has 1 unspecified atom stereocenters. The Morgan fingerprint density at radius 3 is 1.98 bits per heavy atom. The summed E-state index contributed by atoms with van der Waals surface area (Å²) in [6.07, 6.45) is 0. The fourth-order valence-corrected chi connectivity index (χ4v) is 11.1. The van der Waals surface area contributed by atoms with Gasteiger partial charge in [-0.1, -0.05) is 133 Å². The Labute approximate surface area is 260 Å². The van der Waals surface area contributed by atoms with Crippen LogP contribution < -0.4 is 15.9 Å². The van der Waals surface area contributed by atoms with Crippen LogP contribution in [0.5, 0.6) is 0 Å². The third-order valence-electron chi connectivity index (χ3n) is 9.76. The first-order valence-electron chi connectivity index (χ1n) is 15.4. The molecule has 0 saturated carbocycles. The van der Waals surface area contributed by atoms with Gasteiger partial charge >= 0.3 is 0 Å². The van der Waals surface area contributed by atoms with Crippen LogP contribution in [0.25, 0.3) is 70.9 Å². The molecule has 0 saturated heterocycles. The van der Waals surface area contributed by atoms with E-state index < -0.39 is 7.14 Å². The first kappa shape index (κ1) is 25.0. The zero-order chi connectivity index (χ0) is 29.7. The zero-order valence-electron chi connectivity index (χ0n) is 24.3. The van der Waals surface area contributed by atoms with E-state index in [1.165, 1.54) is 32.3 Å². The molecule has 8 aromatic carbocycles. The van der Waals surface area contributed by atoms with E-state index in [2.05, 4.69) is 126 Å². The Balaban J connectivity index is 1.32. The standard InChI is InChI=1S/C42H26NOP/c44-45(30-11-2-1-3-12-30)40-17-9-7-14-34(40)35-24-25-39-41(42(35)45)36-15-6-8-16-38(36)43(39)29-21-18-28-20-22-32-31-13-5-4-10-27(31)19-23-33(32)37(28)26-29/h1-26H.